The molecule has 0 bridgehead atoms. The molecule has 0 atom stereocenters. The average Bonchev–Trinajstić information content (AvgIpc) is 2.51. The highest BCUT2D eigenvalue weighted by molar-refractivity contribution is 14.0. The Morgan fingerprint density at radius 2 is 1.92 bits per heavy atom. The number of guanidine groups is 1. The van der Waals surface area contributed by atoms with Crippen LogP contribution in [0.4, 0.5) is 17.6 Å². The van der Waals surface area contributed by atoms with Crippen LogP contribution >= 0.6 is 24.0 Å². The molecule has 1 aromatic carbocycles. The van der Waals surface area contributed by atoms with Crippen LogP contribution in [0.15, 0.2) is 23.2 Å². The van der Waals surface area contributed by atoms with E-state index in [4.69, 9.17) is 0 Å². The Hall–Kier alpha value is -1.59. The van der Waals surface area contributed by atoms with Gasteiger partial charge in [-0.05, 0) is 31.0 Å². The van der Waals surface area contributed by atoms with Gasteiger partial charge in [-0.3, -0.25) is 4.79 Å². The van der Waals surface area contributed by atoms with Gasteiger partial charge >= 0.3 is 6.18 Å². The number of halogens is 5. The van der Waals surface area contributed by atoms with Gasteiger partial charge in [0.05, 0.1) is 13.1 Å². The molecule has 0 saturated carbocycles. The lowest BCUT2D eigenvalue weighted by Gasteiger charge is -2.20. The van der Waals surface area contributed by atoms with Crippen molar-refractivity contribution in [2.75, 3.05) is 26.7 Å². The molecule has 1 aromatic rings. The normalized spacial score (nSPS) is 11.6. The molecule has 148 valence electrons. The molecule has 0 fully saturated rings. The fourth-order valence-electron chi connectivity index (χ4n) is 1.97. The summed E-state index contributed by atoms with van der Waals surface area (Å²) in [7, 11) is 1.09. The van der Waals surface area contributed by atoms with Crippen LogP contribution in [0.3, 0.4) is 0 Å². The average molecular weight is 490 g/mol. The Balaban J connectivity index is 0.00000625. The number of amides is 1. The highest BCUT2D eigenvalue weighted by Crippen LogP contribution is 2.15. The Morgan fingerprint density at radius 1 is 1.27 bits per heavy atom. The predicted molar refractivity (Wildman–Crippen MR) is 103 cm³/mol. The maximum Gasteiger partial charge on any atom is 0.406 e. The molecule has 0 saturated heterocycles. The standard InChI is InChI=1S/C16H22F4N4O.HI/c1-4-21-15(22-8-12-5-6-13(17)11(2)7-12)23-9-14(25)24(3)10-16(18,19)20;/h5-7H,4,8-10H2,1-3H3,(H2,21,22,23);1H. The first-order chi connectivity index (χ1) is 11.6. The van der Waals surface area contributed by atoms with Crippen molar-refractivity contribution in [3.63, 3.8) is 0 Å². The lowest BCUT2D eigenvalue weighted by atomic mass is 10.1. The third-order valence-electron chi connectivity index (χ3n) is 3.24. The maximum absolute atomic E-state index is 13.2. The minimum absolute atomic E-state index is 0. The van der Waals surface area contributed by atoms with Crippen LogP contribution in [0.1, 0.15) is 18.1 Å². The first-order valence-corrected chi connectivity index (χ1v) is 7.70. The number of benzene rings is 1. The van der Waals surface area contributed by atoms with Crippen molar-refractivity contribution >= 4 is 35.8 Å². The number of aliphatic imine (C=N–C) groups is 1. The minimum atomic E-state index is -4.44. The van der Waals surface area contributed by atoms with Crippen LogP contribution in [0.2, 0.25) is 0 Å². The number of nitrogens with zero attached hydrogens (tertiary/aromatic N) is 2. The number of carbonyl (C=O) groups is 1. The quantitative estimate of drug-likeness (QED) is 0.279. The van der Waals surface area contributed by atoms with Gasteiger partial charge in [0.2, 0.25) is 5.91 Å². The molecule has 0 heterocycles. The van der Waals surface area contributed by atoms with E-state index in [1.165, 1.54) is 6.07 Å². The lowest BCUT2D eigenvalue weighted by molar-refractivity contribution is -0.157. The number of rotatable bonds is 6. The van der Waals surface area contributed by atoms with E-state index in [0.717, 1.165) is 12.6 Å². The van der Waals surface area contributed by atoms with Crippen molar-refractivity contribution in [2.45, 2.75) is 26.6 Å². The number of alkyl halides is 3. The third-order valence-corrected chi connectivity index (χ3v) is 3.24. The lowest BCUT2D eigenvalue weighted by Crippen LogP contribution is -2.45. The zero-order valence-corrected chi connectivity index (χ0v) is 17.1. The molecule has 0 unspecified atom stereocenters. The molecule has 0 radical (unpaired) electrons. The Labute approximate surface area is 167 Å². The largest absolute Gasteiger partial charge is 0.406 e. The van der Waals surface area contributed by atoms with E-state index < -0.39 is 18.6 Å². The first kappa shape index (κ1) is 24.4. The van der Waals surface area contributed by atoms with Crippen molar-refractivity contribution in [2.24, 2.45) is 4.99 Å². The van der Waals surface area contributed by atoms with Crippen LogP contribution in [-0.2, 0) is 11.3 Å². The summed E-state index contributed by atoms with van der Waals surface area (Å²) in [5, 5.41) is 5.58. The van der Waals surface area contributed by atoms with Crippen molar-refractivity contribution in [1.82, 2.24) is 15.5 Å². The molecule has 2 N–H and O–H groups in total. The van der Waals surface area contributed by atoms with E-state index in [1.807, 2.05) is 6.92 Å². The molecule has 1 amide bonds. The summed E-state index contributed by atoms with van der Waals surface area (Å²) >= 11 is 0. The molecular weight excluding hydrogens is 467 g/mol. The van der Waals surface area contributed by atoms with Gasteiger partial charge in [-0.15, -0.1) is 24.0 Å². The van der Waals surface area contributed by atoms with Gasteiger partial charge in [0, 0.05) is 13.6 Å². The molecule has 0 aliphatic rings. The highest BCUT2D eigenvalue weighted by Gasteiger charge is 2.31. The zero-order valence-electron chi connectivity index (χ0n) is 14.8. The predicted octanol–water partition coefficient (Wildman–Crippen LogP) is 2.83. The Morgan fingerprint density at radius 3 is 2.46 bits per heavy atom. The van der Waals surface area contributed by atoms with Gasteiger partial charge in [-0.1, -0.05) is 12.1 Å². The van der Waals surface area contributed by atoms with Crippen LogP contribution in [-0.4, -0.2) is 49.6 Å². The second kappa shape index (κ2) is 11.2. The third kappa shape index (κ3) is 9.20. The summed E-state index contributed by atoms with van der Waals surface area (Å²) in [6.45, 7) is 2.58. The van der Waals surface area contributed by atoms with Gasteiger partial charge in [0.25, 0.3) is 0 Å². The number of likely N-dealkylation sites (N-methyl/N-ethyl adjacent to an activating group) is 1. The monoisotopic (exact) mass is 490 g/mol. The summed E-state index contributed by atoms with van der Waals surface area (Å²) in [6.07, 6.45) is -4.44. The molecule has 10 heteroatoms. The fourth-order valence-corrected chi connectivity index (χ4v) is 1.97. The van der Waals surface area contributed by atoms with E-state index in [-0.39, 0.29) is 42.9 Å². The minimum Gasteiger partial charge on any atom is -0.357 e. The number of aryl methyl sites for hydroxylation is 1. The highest BCUT2D eigenvalue weighted by atomic mass is 127. The summed E-state index contributed by atoms with van der Waals surface area (Å²) in [4.78, 5) is 16.6. The van der Waals surface area contributed by atoms with Gasteiger partial charge in [-0.2, -0.15) is 13.2 Å². The molecule has 1 rings (SSSR count). The van der Waals surface area contributed by atoms with Gasteiger partial charge in [0.15, 0.2) is 5.96 Å². The topological polar surface area (TPSA) is 56.7 Å². The van der Waals surface area contributed by atoms with Crippen LogP contribution in [0, 0.1) is 12.7 Å². The van der Waals surface area contributed by atoms with Gasteiger partial charge in [-0.25, -0.2) is 9.38 Å². The van der Waals surface area contributed by atoms with Gasteiger partial charge in [0.1, 0.15) is 12.4 Å². The number of nitrogens with one attached hydrogen (secondary N) is 2. The smallest absolute Gasteiger partial charge is 0.357 e. The molecule has 26 heavy (non-hydrogen) atoms. The molecule has 0 aromatic heterocycles. The second-order valence-electron chi connectivity index (χ2n) is 5.50. The van der Waals surface area contributed by atoms with Crippen molar-refractivity contribution in [3.05, 3.63) is 35.1 Å². The summed E-state index contributed by atoms with van der Waals surface area (Å²) in [5.74, 6) is -0.727. The van der Waals surface area contributed by atoms with Crippen molar-refractivity contribution in [1.29, 1.82) is 0 Å². The summed E-state index contributed by atoms with van der Waals surface area (Å²) < 4.78 is 50.1. The number of hydrogen-bond acceptors (Lipinski definition) is 2. The van der Waals surface area contributed by atoms with Crippen LogP contribution < -0.4 is 10.6 Å². The molecule has 0 spiro atoms. The SMILES string of the molecule is CCNC(=NCc1ccc(F)c(C)c1)NCC(=O)N(C)CC(F)(F)F.I. The number of carbonyl (C=O) groups excluding carboxylic acids is 1. The van der Waals surface area contributed by atoms with Crippen molar-refractivity contribution < 1.29 is 22.4 Å². The van der Waals surface area contributed by atoms with E-state index in [9.17, 15) is 22.4 Å². The van der Waals surface area contributed by atoms with E-state index in [1.54, 1.807) is 19.1 Å². The summed E-state index contributed by atoms with van der Waals surface area (Å²) in [5.41, 5.74) is 1.27. The van der Waals surface area contributed by atoms with Gasteiger partial charge < -0.3 is 15.5 Å². The van der Waals surface area contributed by atoms with Crippen LogP contribution in [0.5, 0.6) is 0 Å². The number of hydrogen-bond donors (Lipinski definition) is 2. The molecule has 0 aliphatic carbocycles. The summed E-state index contributed by atoms with van der Waals surface area (Å²) in [6, 6.07) is 4.60. The maximum atomic E-state index is 13.2. The fraction of sp³-hybridized carbons (Fsp3) is 0.500. The first-order valence-electron chi connectivity index (χ1n) is 7.70. The van der Waals surface area contributed by atoms with E-state index >= 15 is 0 Å². The second-order valence-corrected chi connectivity index (χ2v) is 5.50. The molecular formula is C16H23F4IN4O. The Bertz CT molecular complexity index is 623. The van der Waals surface area contributed by atoms with E-state index in [0.29, 0.717) is 23.0 Å². The molecule has 0 aliphatic heterocycles. The van der Waals surface area contributed by atoms with Crippen LogP contribution in [0.25, 0.3) is 0 Å². The zero-order chi connectivity index (χ0) is 19.0. The molecule has 5 nitrogen and oxygen atoms in total. The van der Waals surface area contributed by atoms with E-state index in [2.05, 4.69) is 15.6 Å². The Kier molecular flexibility index (Phi) is 10.5. The van der Waals surface area contributed by atoms with Crippen molar-refractivity contribution in [3.8, 4) is 0 Å².